The second-order valence-electron chi connectivity index (χ2n) is 5.80. The molecule has 1 atom stereocenters. The average molecular weight is 314 g/mol. The molecule has 0 spiro atoms. The number of benzene rings is 1. The van der Waals surface area contributed by atoms with E-state index in [1.165, 1.54) is 10.6 Å². The summed E-state index contributed by atoms with van der Waals surface area (Å²) in [6, 6.07) is 10.4. The minimum absolute atomic E-state index is 0.124. The highest BCUT2D eigenvalue weighted by Gasteiger charge is 2.12. The Morgan fingerprint density at radius 2 is 1.78 bits per heavy atom. The Morgan fingerprint density at radius 3 is 2.35 bits per heavy atom. The molecule has 5 heteroatoms. The van der Waals surface area contributed by atoms with E-state index in [-0.39, 0.29) is 23.6 Å². The molecule has 5 nitrogen and oxygen atoms in total. The van der Waals surface area contributed by atoms with Gasteiger partial charge in [-0.05, 0) is 44.5 Å². The van der Waals surface area contributed by atoms with Gasteiger partial charge in [-0.1, -0.05) is 12.1 Å². The van der Waals surface area contributed by atoms with Crippen LogP contribution in [0.1, 0.15) is 42.7 Å². The Morgan fingerprint density at radius 1 is 1.13 bits per heavy atom. The molecule has 0 unspecified atom stereocenters. The van der Waals surface area contributed by atoms with Gasteiger partial charge in [0, 0.05) is 24.9 Å². The predicted octanol–water partition coefficient (Wildman–Crippen LogP) is 2.66. The van der Waals surface area contributed by atoms with Gasteiger partial charge in [-0.25, -0.2) is 0 Å². The fourth-order valence-electron chi connectivity index (χ4n) is 2.16. The molecule has 1 aromatic carbocycles. The van der Waals surface area contributed by atoms with Gasteiger partial charge in [-0.15, -0.1) is 0 Å². The molecule has 0 saturated carbocycles. The first-order valence-electron chi connectivity index (χ1n) is 7.61. The fourth-order valence-corrected chi connectivity index (χ4v) is 2.16. The highest BCUT2D eigenvalue weighted by Crippen LogP contribution is 2.18. The molecule has 0 radical (unpaired) electrons. The Balaban J connectivity index is 2.05. The predicted molar refractivity (Wildman–Crippen MR) is 89.8 cm³/mol. The van der Waals surface area contributed by atoms with Crippen LogP contribution in [0.15, 0.2) is 47.4 Å². The molecule has 0 aliphatic heterocycles. The van der Waals surface area contributed by atoms with Crippen LogP contribution in [0.5, 0.6) is 5.75 Å². The van der Waals surface area contributed by atoms with Gasteiger partial charge in [0.15, 0.2) is 0 Å². The maximum absolute atomic E-state index is 12.2. The maximum Gasteiger partial charge on any atom is 0.252 e. The third-order valence-electron chi connectivity index (χ3n) is 3.47. The highest BCUT2D eigenvalue weighted by molar-refractivity contribution is 5.94. The van der Waals surface area contributed by atoms with E-state index in [1.54, 1.807) is 19.3 Å². The zero-order valence-corrected chi connectivity index (χ0v) is 13.9. The lowest BCUT2D eigenvalue weighted by Gasteiger charge is -2.16. The smallest absolute Gasteiger partial charge is 0.252 e. The molecule has 122 valence electrons. The van der Waals surface area contributed by atoms with E-state index >= 15 is 0 Å². The number of rotatable bonds is 5. The quantitative estimate of drug-likeness (QED) is 0.923. The molecule has 0 aliphatic rings. The van der Waals surface area contributed by atoms with Crippen LogP contribution >= 0.6 is 0 Å². The lowest BCUT2D eigenvalue weighted by Crippen LogP contribution is -2.28. The normalized spacial score (nSPS) is 12.0. The molecule has 2 aromatic rings. The summed E-state index contributed by atoms with van der Waals surface area (Å²) >= 11 is 0. The Hall–Kier alpha value is -2.56. The number of aryl methyl sites for hydroxylation is 1. The van der Waals surface area contributed by atoms with Crippen molar-refractivity contribution in [1.82, 2.24) is 9.88 Å². The highest BCUT2D eigenvalue weighted by atomic mass is 16.5. The van der Waals surface area contributed by atoms with Gasteiger partial charge in [0.25, 0.3) is 11.5 Å². The van der Waals surface area contributed by atoms with Crippen LogP contribution in [0.25, 0.3) is 0 Å². The van der Waals surface area contributed by atoms with Crippen molar-refractivity contribution in [2.24, 2.45) is 7.05 Å². The Labute approximate surface area is 135 Å². The lowest BCUT2D eigenvalue weighted by molar-refractivity contribution is 0.0939. The van der Waals surface area contributed by atoms with Crippen LogP contribution in [-0.4, -0.2) is 16.6 Å². The fraction of sp³-hybridized carbons (Fsp3) is 0.333. The first-order valence-corrected chi connectivity index (χ1v) is 7.61. The third-order valence-corrected chi connectivity index (χ3v) is 3.47. The van der Waals surface area contributed by atoms with E-state index in [0.29, 0.717) is 5.56 Å². The summed E-state index contributed by atoms with van der Waals surface area (Å²) in [6.07, 6.45) is 1.71. The lowest BCUT2D eigenvalue weighted by atomic mass is 10.1. The van der Waals surface area contributed by atoms with Crippen LogP contribution in [0, 0.1) is 0 Å². The number of hydrogen-bond acceptors (Lipinski definition) is 3. The van der Waals surface area contributed by atoms with Crippen molar-refractivity contribution in [3.63, 3.8) is 0 Å². The summed E-state index contributed by atoms with van der Waals surface area (Å²) < 4.78 is 7.02. The summed E-state index contributed by atoms with van der Waals surface area (Å²) in [5, 5.41) is 2.89. The molecule has 1 N–H and O–H groups in total. The summed E-state index contributed by atoms with van der Waals surface area (Å²) in [7, 11) is 1.65. The van der Waals surface area contributed by atoms with Crippen molar-refractivity contribution < 1.29 is 9.53 Å². The van der Waals surface area contributed by atoms with Crippen molar-refractivity contribution in [3.8, 4) is 5.75 Å². The van der Waals surface area contributed by atoms with Gasteiger partial charge in [0.05, 0.1) is 12.1 Å². The number of carbonyl (C=O) groups is 1. The first-order chi connectivity index (χ1) is 10.9. The Kier molecular flexibility index (Phi) is 5.21. The van der Waals surface area contributed by atoms with Gasteiger partial charge in [0.2, 0.25) is 0 Å². The molecule has 1 aromatic heterocycles. The molecular formula is C18H22N2O3. The second-order valence-corrected chi connectivity index (χ2v) is 5.80. The number of ether oxygens (including phenoxy) is 1. The SMILES string of the molecule is CC(C)Oc1ccc([C@H](C)NC(=O)c2ccn(C)c(=O)c2)cc1. The van der Waals surface area contributed by atoms with Crippen LogP contribution in [-0.2, 0) is 7.05 Å². The molecule has 0 bridgehead atoms. The number of nitrogens with zero attached hydrogens (tertiary/aromatic N) is 1. The van der Waals surface area contributed by atoms with Gasteiger partial charge >= 0.3 is 0 Å². The van der Waals surface area contributed by atoms with E-state index in [2.05, 4.69) is 5.32 Å². The second kappa shape index (κ2) is 7.13. The summed E-state index contributed by atoms with van der Waals surface area (Å²) in [4.78, 5) is 23.8. The molecule has 1 amide bonds. The van der Waals surface area contributed by atoms with E-state index in [1.807, 2.05) is 45.0 Å². The van der Waals surface area contributed by atoms with Crippen molar-refractivity contribution in [2.45, 2.75) is 32.9 Å². The molecule has 0 saturated heterocycles. The van der Waals surface area contributed by atoms with E-state index in [4.69, 9.17) is 4.74 Å². The van der Waals surface area contributed by atoms with Crippen molar-refractivity contribution in [1.29, 1.82) is 0 Å². The van der Waals surface area contributed by atoms with Crippen LogP contribution in [0.4, 0.5) is 0 Å². The van der Waals surface area contributed by atoms with Crippen molar-refractivity contribution >= 4 is 5.91 Å². The summed E-state index contributed by atoms with van der Waals surface area (Å²) in [5.74, 6) is 0.534. The number of carbonyl (C=O) groups excluding carboxylic acids is 1. The van der Waals surface area contributed by atoms with Gasteiger partial charge in [-0.2, -0.15) is 0 Å². The third kappa shape index (κ3) is 4.45. The summed E-state index contributed by atoms with van der Waals surface area (Å²) in [6.45, 7) is 5.85. The number of pyridine rings is 1. The van der Waals surface area contributed by atoms with E-state index < -0.39 is 0 Å². The molecule has 1 heterocycles. The van der Waals surface area contributed by atoms with Gasteiger partial charge in [0.1, 0.15) is 5.75 Å². The topological polar surface area (TPSA) is 60.3 Å². The maximum atomic E-state index is 12.2. The van der Waals surface area contributed by atoms with Crippen LogP contribution in [0.2, 0.25) is 0 Å². The van der Waals surface area contributed by atoms with Gasteiger partial charge < -0.3 is 14.6 Å². The van der Waals surface area contributed by atoms with E-state index in [9.17, 15) is 9.59 Å². The number of hydrogen-bond donors (Lipinski definition) is 1. The Bertz CT molecular complexity index is 733. The zero-order chi connectivity index (χ0) is 17.0. The first kappa shape index (κ1) is 16.8. The monoisotopic (exact) mass is 314 g/mol. The number of amides is 1. The molecule has 23 heavy (non-hydrogen) atoms. The standard InChI is InChI=1S/C18H22N2O3/c1-12(2)23-16-7-5-14(6-8-16)13(3)19-18(22)15-9-10-20(4)17(21)11-15/h5-13H,1-4H3,(H,19,22)/t13-/m0/s1. The molecular weight excluding hydrogens is 292 g/mol. The average Bonchev–Trinajstić information content (AvgIpc) is 2.50. The van der Waals surface area contributed by atoms with Crippen molar-refractivity contribution in [2.75, 3.05) is 0 Å². The molecule has 2 rings (SSSR count). The van der Waals surface area contributed by atoms with Crippen LogP contribution < -0.4 is 15.6 Å². The molecule has 0 fully saturated rings. The van der Waals surface area contributed by atoms with Gasteiger partial charge in [-0.3, -0.25) is 9.59 Å². The minimum Gasteiger partial charge on any atom is -0.491 e. The largest absolute Gasteiger partial charge is 0.491 e. The molecule has 0 aliphatic carbocycles. The minimum atomic E-state index is -0.266. The van der Waals surface area contributed by atoms with Crippen LogP contribution in [0.3, 0.4) is 0 Å². The number of aromatic nitrogens is 1. The van der Waals surface area contributed by atoms with E-state index in [0.717, 1.165) is 11.3 Å². The van der Waals surface area contributed by atoms with Crippen molar-refractivity contribution in [3.05, 3.63) is 64.1 Å². The zero-order valence-electron chi connectivity index (χ0n) is 13.9. The summed E-state index contributed by atoms with van der Waals surface area (Å²) in [5.41, 5.74) is 1.12. The number of nitrogens with one attached hydrogen (secondary N) is 1.